The maximum Gasteiger partial charge on any atom is 0.255 e. The van der Waals surface area contributed by atoms with E-state index >= 15 is 0 Å². The number of aryl methyl sites for hydroxylation is 1. The Balaban J connectivity index is 2.30. The summed E-state index contributed by atoms with van der Waals surface area (Å²) in [5, 5.41) is 3.41. The molecule has 0 radical (unpaired) electrons. The summed E-state index contributed by atoms with van der Waals surface area (Å²) in [5.74, 6) is -0.317. The monoisotopic (exact) mass is 372 g/mol. The molecule has 0 unspecified atom stereocenters. The van der Waals surface area contributed by atoms with Crippen molar-refractivity contribution in [2.45, 2.75) is 6.92 Å². The number of anilines is 2. The number of halogens is 3. The highest BCUT2D eigenvalue weighted by atomic mass is 79.9. The van der Waals surface area contributed by atoms with Crippen LogP contribution in [0.25, 0.3) is 0 Å². The van der Waals surface area contributed by atoms with Crippen LogP contribution >= 0.6 is 39.1 Å². The lowest BCUT2D eigenvalue weighted by Crippen LogP contribution is -2.13. The van der Waals surface area contributed by atoms with E-state index < -0.39 is 0 Å². The topological polar surface area (TPSA) is 55.1 Å². The zero-order valence-corrected chi connectivity index (χ0v) is 13.6. The Labute approximate surface area is 135 Å². The molecule has 2 aromatic rings. The number of hydrogen-bond acceptors (Lipinski definition) is 2. The van der Waals surface area contributed by atoms with Gasteiger partial charge in [0.05, 0.1) is 15.7 Å². The van der Waals surface area contributed by atoms with E-state index in [1.807, 2.05) is 6.92 Å². The first-order valence-electron chi connectivity index (χ1n) is 5.70. The average Bonchev–Trinajstić information content (AvgIpc) is 2.36. The van der Waals surface area contributed by atoms with Crippen LogP contribution in [0.2, 0.25) is 10.0 Å². The van der Waals surface area contributed by atoms with E-state index in [0.29, 0.717) is 27.0 Å². The molecule has 1 amide bonds. The molecule has 0 saturated carbocycles. The summed E-state index contributed by atoms with van der Waals surface area (Å²) < 4.78 is 0.741. The van der Waals surface area contributed by atoms with E-state index in [1.165, 1.54) is 0 Å². The molecule has 3 nitrogen and oxygen atoms in total. The number of hydrogen-bond donors (Lipinski definition) is 2. The van der Waals surface area contributed by atoms with Gasteiger partial charge in [0, 0.05) is 15.7 Å². The lowest BCUT2D eigenvalue weighted by atomic mass is 10.1. The Morgan fingerprint density at radius 3 is 2.35 bits per heavy atom. The predicted molar refractivity (Wildman–Crippen MR) is 87.7 cm³/mol. The van der Waals surface area contributed by atoms with Gasteiger partial charge in [-0.2, -0.15) is 0 Å². The van der Waals surface area contributed by atoms with Crippen LogP contribution in [0.15, 0.2) is 34.8 Å². The van der Waals surface area contributed by atoms with E-state index in [1.54, 1.807) is 30.3 Å². The number of carbonyl (C=O) groups excluding carboxylic acids is 1. The molecule has 2 rings (SSSR count). The van der Waals surface area contributed by atoms with Crippen LogP contribution in [0.5, 0.6) is 0 Å². The fourth-order valence-electron chi connectivity index (χ4n) is 1.63. The molecule has 0 aliphatic carbocycles. The van der Waals surface area contributed by atoms with E-state index in [-0.39, 0.29) is 5.91 Å². The molecule has 0 bridgehead atoms. The van der Waals surface area contributed by atoms with Crippen LogP contribution in [0, 0.1) is 6.92 Å². The Bertz CT molecular complexity index is 666. The van der Waals surface area contributed by atoms with E-state index in [2.05, 4.69) is 21.2 Å². The van der Waals surface area contributed by atoms with Gasteiger partial charge >= 0.3 is 0 Å². The largest absolute Gasteiger partial charge is 0.398 e. The van der Waals surface area contributed by atoms with Gasteiger partial charge in [-0.15, -0.1) is 0 Å². The number of carbonyl (C=O) groups is 1. The average molecular weight is 374 g/mol. The number of nitrogen functional groups attached to an aromatic ring is 1. The number of amides is 1. The van der Waals surface area contributed by atoms with Gasteiger partial charge in [0.1, 0.15) is 0 Å². The maximum atomic E-state index is 12.2. The summed E-state index contributed by atoms with van der Waals surface area (Å²) in [6.07, 6.45) is 0. The molecule has 0 aliphatic heterocycles. The van der Waals surface area contributed by atoms with Crippen molar-refractivity contribution in [1.82, 2.24) is 0 Å². The number of nitrogens with two attached hydrogens (primary N) is 1. The van der Waals surface area contributed by atoms with Crippen molar-refractivity contribution in [1.29, 1.82) is 0 Å². The molecule has 0 aliphatic rings. The van der Waals surface area contributed by atoms with Gasteiger partial charge < -0.3 is 11.1 Å². The van der Waals surface area contributed by atoms with Crippen molar-refractivity contribution >= 4 is 56.4 Å². The second-order valence-corrected chi connectivity index (χ2v) is 6.00. The molecule has 0 heterocycles. The van der Waals surface area contributed by atoms with Crippen LogP contribution in [0.4, 0.5) is 11.4 Å². The Morgan fingerprint density at radius 1 is 1.20 bits per heavy atom. The highest BCUT2D eigenvalue weighted by Crippen LogP contribution is 2.34. The maximum absolute atomic E-state index is 12.2. The van der Waals surface area contributed by atoms with Gasteiger partial charge in [0.2, 0.25) is 0 Å². The summed E-state index contributed by atoms with van der Waals surface area (Å²) in [7, 11) is 0. The summed E-state index contributed by atoms with van der Waals surface area (Å²) in [6.45, 7) is 1.87. The van der Waals surface area contributed by atoms with Crippen LogP contribution in [-0.2, 0) is 0 Å². The van der Waals surface area contributed by atoms with Crippen LogP contribution in [-0.4, -0.2) is 5.91 Å². The molecule has 0 fully saturated rings. The molecule has 0 saturated heterocycles. The second-order valence-electron chi connectivity index (χ2n) is 4.27. The smallest absolute Gasteiger partial charge is 0.255 e. The molecule has 0 aromatic heterocycles. The predicted octanol–water partition coefficient (Wildman–Crippen LogP) is 4.90. The zero-order valence-electron chi connectivity index (χ0n) is 10.5. The van der Waals surface area contributed by atoms with Crippen LogP contribution in [0.1, 0.15) is 15.9 Å². The third kappa shape index (κ3) is 3.26. The third-order valence-corrected chi connectivity index (χ3v) is 3.84. The fourth-order valence-corrected chi connectivity index (χ4v) is 2.93. The summed E-state index contributed by atoms with van der Waals surface area (Å²) >= 11 is 15.4. The lowest BCUT2D eigenvalue weighted by Gasteiger charge is -2.10. The molecular formula is C14H11BrCl2N2O. The van der Waals surface area contributed by atoms with Crippen molar-refractivity contribution in [3.05, 3.63) is 56.0 Å². The summed E-state index contributed by atoms with van der Waals surface area (Å²) in [5.41, 5.74) is 8.09. The normalized spacial score (nSPS) is 10.4. The van der Waals surface area contributed by atoms with Crippen molar-refractivity contribution in [3.63, 3.8) is 0 Å². The van der Waals surface area contributed by atoms with Gasteiger partial charge in [-0.05, 0) is 36.8 Å². The van der Waals surface area contributed by atoms with Gasteiger partial charge in [-0.25, -0.2) is 0 Å². The minimum Gasteiger partial charge on any atom is -0.398 e. The molecule has 0 spiro atoms. The highest BCUT2D eigenvalue weighted by Gasteiger charge is 2.13. The quantitative estimate of drug-likeness (QED) is 0.735. The summed E-state index contributed by atoms with van der Waals surface area (Å²) in [6, 6.07) is 8.42. The van der Waals surface area contributed by atoms with Crippen molar-refractivity contribution in [3.8, 4) is 0 Å². The zero-order chi connectivity index (χ0) is 14.9. The van der Waals surface area contributed by atoms with E-state index in [4.69, 9.17) is 28.9 Å². The first-order valence-corrected chi connectivity index (χ1v) is 7.25. The Kier molecular flexibility index (Phi) is 4.58. The van der Waals surface area contributed by atoms with Gasteiger partial charge in [0.25, 0.3) is 5.91 Å². The molecule has 2 aromatic carbocycles. The lowest BCUT2D eigenvalue weighted by molar-refractivity contribution is 0.102. The van der Waals surface area contributed by atoms with Crippen LogP contribution < -0.4 is 11.1 Å². The fraction of sp³-hybridized carbons (Fsp3) is 0.0714. The molecule has 0 atom stereocenters. The third-order valence-electron chi connectivity index (χ3n) is 2.79. The number of nitrogens with one attached hydrogen (secondary N) is 1. The standard InChI is InChI=1S/C14H11BrCl2N2O/c1-7-2-3-8(4-12(7)18)14(20)19-13-10(16)5-9(15)6-11(13)17/h2-6H,18H2,1H3,(H,19,20). The Morgan fingerprint density at radius 2 is 1.80 bits per heavy atom. The van der Waals surface area contributed by atoms with Crippen molar-refractivity contribution < 1.29 is 4.79 Å². The number of benzene rings is 2. The van der Waals surface area contributed by atoms with Crippen LogP contribution in [0.3, 0.4) is 0 Å². The van der Waals surface area contributed by atoms with Gasteiger partial charge in [-0.1, -0.05) is 45.2 Å². The van der Waals surface area contributed by atoms with Crippen molar-refractivity contribution in [2.24, 2.45) is 0 Å². The minimum absolute atomic E-state index is 0.317. The van der Waals surface area contributed by atoms with Gasteiger partial charge in [0.15, 0.2) is 0 Å². The van der Waals surface area contributed by atoms with E-state index in [9.17, 15) is 4.79 Å². The summed E-state index contributed by atoms with van der Waals surface area (Å²) in [4.78, 5) is 12.2. The van der Waals surface area contributed by atoms with Crippen molar-refractivity contribution in [2.75, 3.05) is 11.1 Å². The molecular weight excluding hydrogens is 363 g/mol. The SMILES string of the molecule is Cc1ccc(C(=O)Nc2c(Cl)cc(Br)cc2Cl)cc1N. The molecule has 104 valence electrons. The highest BCUT2D eigenvalue weighted by molar-refractivity contribution is 9.10. The second kappa shape index (κ2) is 6.04. The Hall–Kier alpha value is -1.23. The molecule has 20 heavy (non-hydrogen) atoms. The molecule has 3 N–H and O–H groups in total. The number of rotatable bonds is 2. The van der Waals surface area contributed by atoms with E-state index in [0.717, 1.165) is 10.0 Å². The minimum atomic E-state index is -0.317. The van der Waals surface area contributed by atoms with Gasteiger partial charge in [-0.3, -0.25) is 4.79 Å². The first-order chi connectivity index (χ1) is 9.38. The first kappa shape index (κ1) is 15.2. The molecule has 6 heteroatoms.